The van der Waals surface area contributed by atoms with Gasteiger partial charge in [0.1, 0.15) is 12.4 Å². The molecule has 2 fully saturated rings. The number of aromatic nitrogens is 2. The first-order valence-corrected chi connectivity index (χ1v) is 13.8. The predicted molar refractivity (Wildman–Crippen MR) is 155 cm³/mol. The van der Waals surface area contributed by atoms with E-state index in [1.54, 1.807) is 31.6 Å². The third kappa shape index (κ3) is 6.56. The quantitative estimate of drug-likeness (QED) is 0.415. The van der Waals surface area contributed by atoms with Crippen LogP contribution in [0.5, 0.6) is 17.2 Å². The van der Waals surface area contributed by atoms with E-state index in [4.69, 9.17) is 14.2 Å². The molecule has 2 aliphatic rings. The molecule has 3 aromatic rings. The summed E-state index contributed by atoms with van der Waals surface area (Å²) in [4.78, 5) is 16.2. The van der Waals surface area contributed by atoms with Crippen molar-refractivity contribution < 1.29 is 18.6 Å². The third-order valence-corrected chi connectivity index (χ3v) is 7.80. The van der Waals surface area contributed by atoms with Crippen LogP contribution in [0.3, 0.4) is 0 Å². The maximum atomic E-state index is 14.5. The molecule has 0 atom stereocenters. The van der Waals surface area contributed by atoms with Crippen molar-refractivity contribution in [2.75, 3.05) is 70.8 Å². The van der Waals surface area contributed by atoms with Crippen LogP contribution in [0.15, 0.2) is 42.7 Å². The Morgan fingerprint density at radius 3 is 2.30 bits per heavy atom. The minimum Gasteiger partial charge on any atom is -0.495 e. The summed E-state index contributed by atoms with van der Waals surface area (Å²) < 4.78 is 31.1. The topological polar surface area (TPSA) is 75.2 Å². The summed E-state index contributed by atoms with van der Waals surface area (Å²) in [6.07, 6.45) is 5.46. The largest absolute Gasteiger partial charge is 0.495 e. The van der Waals surface area contributed by atoms with Crippen molar-refractivity contribution in [3.63, 3.8) is 0 Å². The van der Waals surface area contributed by atoms with Crippen LogP contribution in [0.4, 0.5) is 21.7 Å². The number of benzene rings is 2. The van der Waals surface area contributed by atoms with Crippen LogP contribution in [0.2, 0.25) is 0 Å². The van der Waals surface area contributed by atoms with Gasteiger partial charge >= 0.3 is 0 Å². The fourth-order valence-electron chi connectivity index (χ4n) is 5.48. The summed E-state index contributed by atoms with van der Waals surface area (Å²) >= 11 is 0. The molecule has 1 N–H and O–H groups in total. The van der Waals surface area contributed by atoms with E-state index in [1.165, 1.54) is 33.0 Å². The van der Waals surface area contributed by atoms with Gasteiger partial charge in [0.2, 0.25) is 5.95 Å². The normalized spacial score (nSPS) is 17.1. The lowest BCUT2D eigenvalue weighted by Gasteiger charge is -2.42. The number of anilines is 3. The van der Waals surface area contributed by atoms with E-state index in [1.807, 2.05) is 19.1 Å². The van der Waals surface area contributed by atoms with Crippen molar-refractivity contribution in [1.29, 1.82) is 0 Å². The molecule has 0 saturated carbocycles. The number of hydrogen-bond donors (Lipinski definition) is 1. The first-order chi connectivity index (χ1) is 19.4. The number of nitrogens with one attached hydrogen (secondary N) is 1. The smallest absolute Gasteiger partial charge is 0.227 e. The second kappa shape index (κ2) is 12.7. The molecule has 3 heterocycles. The standard InChI is InChI=1S/C30H39FN6O3/c1-21-15-22(29(31)28(16-21)39-4)20-40-25-18-32-30(33-19-25)34-23-5-6-26(27(17-23)38-3)37-9-7-24(8-10-37)36-13-11-35(2)12-14-36/h5-6,15-19,24H,7-14,20H2,1-4H3,(H,32,33,34). The van der Waals surface area contributed by atoms with E-state index < -0.39 is 5.82 Å². The fraction of sp³-hybridized carbons (Fsp3) is 0.467. The molecule has 2 aliphatic heterocycles. The minimum absolute atomic E-state index is 0.0469. The maximum absolute atomic E-state index is 14.5. The lowest BCUT2D eigenvalue weighted by molar-refractivity contribution is 0.0981. The van der Waals surface area contributed by atoms with Crippen LogP contribution in [-0.2, 0) is 6.61 Å². The lowest BCUT2D eigenvalue weighted by Crippen LogP contribution is -2.52. The summed E-state index contributed by atoms with van der Waals surface area (Å²) in [7, 11) is 5.35. The molecule has 1 aromatic heterocycles. The molecule has 0 radical (unpaired) electrons. The molecule has 5 rings (SSSR count). The zero-order valence-electron chi connectivity index (χ0n) is 23.8. The van der Waals surface area contributed by atoms with Crippen molar-refractivity contribution in [3.05, 3.63) is 59.7 Å². The highest BCUT2D eigenvalue weighted by atomic mass is 19.1. The molecular formula is C30H39FN6O3. The molecule has 9 nitrogen and oxygen atoms in total. The predicted octanol–water partition coefficient (Wildman–Crippen LogP) is 4.48. The summed E-state index contributed by atoms with van der Waals surface area (Å²) in [6, 6.07) is 10.2. The van der Waals surface area contributed by atoms with E-state index in [0.29, 0.717) is 23.3 Å². The van der Waals surface area contributed by atoms with Gasteiger partial charge in [-0.1, -0.05) is 0 Å². The Hall–Kier alpha value is -3.63. The highest BCUT2D eigenvalue weighted by Gasteiger charge is 2.27. The van der Waals surface area contributed by atoms with E-state index >= 15 is 0 Å². The number of nitrogens with zero attached hydrogens (tertiary/aromatic N) is 5. The Morgan fingerprint density at radius 2 is 1.62 bits per heavy atom. The van der Waals surface area contributed by atoms with Crippen LogP contribution in [-0.4, -0.2) is 86.3 Å². The van der Waals surface area contributed by atoms with Gasteiger partial charge in [-0.05, 0) is 56.6 Å². The van der Waals surface area contributed by atoms with Gasteiger partial charge in [0.25, 0.3) is 0 Å². The Morgan fingerprint density at radius 1 is 0.925 bits per heavy atom. The molecule has 0 unspecified atom stereocenters. The van der Waals surface area contributed by atoms with E-state index in [2.05, 4.69) is 43.1 Å². The Labute approximate surface area is 235 Å². The number of methoxy groups -OCH3 is 2. The summed E-state index contributed by atoms with van der Waals surface area (Å²) in [5, 5.41) is 3.23. The van der Waals surface area contributed by atoms with E-state index in [-0.39, 0.29) is 12.4 Å². The van der Waals surface area contributed by atoms with Crippen LogP contribution in [0, 0.1) is 12.7 Å². The number of halogens is 1. The highest BCUT2D eigenvalue weighted by molar-refractivity contribution is 5.67. The van der Waals surface area contributed by atoms with Gasteiger partial charge in [0.05, 0.1) is 32.3 Å². The van der Waals surface area contributed by atoms with Gasteiger partial charge in [-0.2, -0.15) is 0 Å². The first kappa shape index (κ1) is 27.9. The van der Waals surface area contributed by atoms with Gasteiger partial charge in [-0.3, -0.25) is 4.90 Å². The second-order valence-electron chi connectivity index (χ2n) is 10.5. The molecule has 0 amide bonds. The van der Waals surface area contributed by atoms with Crippen LogP contribution < -0.4 is 24.4 Å². The molecule has 2 saturated heterocycles. The van der Waals surface area contributed by atoms with Gasteiger partial charge in [0, 0.05) is 62.6 Å². The van der Waals surface area contributed by atoms with Crippen LogP contribution in [0.25, 0.3) is 0 Å². The molecule has 0 bridgehead atoms. The molecule has 0 aliphatic carbocycles. The number of piperidine rings is 1. The summed E-state index contributed by atoms with van der Waals surface area (Å²) in [6.45, 7) is 8.62. The number of rotatable bonds is 9. The molecule has 40 heavy (non-hydrogen) atoms. The Balaban J connectivity index is 1.17. The Bertz CT molecular complexity index is 1280. The highest BCUT2D eigenvalue weighted by Crippen LogP contribution is 2.34. The van der Waals surface area contributed by atoms with Crippen molar-refractivity contribution in [1.82, 2.24) is 19.8 Å². The molecule has 2 aromatic carbocycles. The molecule has 0 spiro atoms. The molecular weight excluding hydrogens is 511 g/mol. The van der Waals surface area contributed by atoms with Gasteiger partial charge in [-0.25, -0.2) is 14.4 Å². The number of aryl methyl sites for hydroxylation is 1. The SMILES string of the molecule is COc1cc(Nc2ncc(OCc3cc(C)cc(OC)c3F)cn2)ccc1N1CCC(N2CCN(C)CC2)CC1. The Kier molecular flexibility index (Phi) is 8.86. The number of ether oxygens (including phenoxy) is 3. The fourth-order valence-corrected chi connectivity index (χ4v) is 5.48. The molecule has 10 heteroatoms. The molecule has 214 valence electrons. The first-order valence-electron chi connectivity index (χ1n) is 13.8. The average Bonchev–Trinajstić information content (AvgIpc) is 2.98. The zero-order chi connectivity index (χ0) is 28.1. The third-order valence-electron chi connectivity index (χ3n) is 7.80. The van der Waals surface area contributed by atoms with E-state index in [9.17, 15) is 4.39 Å². The van der Waals surface area contributed by atoms with Crippen molar-refractivity contribution >= 4 is 17.3 Å². The lowest BCUT2D eigenvalue weighted by atomic mass is 10.0. The number of hydrogen-bond acceptors (Lipinski definition) is 9. The van der Waals surface area contributed by atoms with Crippen LogP contribution >= 0.6 is 0 Å². The van der Waals surface area contributed by atoms with E-state index in [0.717, 1.165) is 48.9 Å². The second-order valence-corrected chi connectivity index (χ2v) is 10.5. The van der Waals surface area contributed by atoms with Crippen molar-refractivity contribution in [2.24, 2.45) is 0 Å². The van der Waals surface area contributed by atoms with Crippen LogP contribution in [0.1, 0.15) is 24.0 Å². The van der Waals surface area contributed by atoms with Crippen molar-refractivity contribution in [3.8, 4) is 17.2 Å². The average molecular weight is 551 g/mol. The van der Waals surface area contributed by atoms with Gasteiger partial charge in [0.15, 0.2) is 17.3 Å². The number of likely N-dealkylation sites (N-methyl/N-ethyl adjacent to an activating group) is 1. The summed E-state index contributed by atoms with van der Waals surface area (Å²) in [5.74, 6) is 1.46. The summed E-state index contributed by atoms with van der Waals surface area (Å²) in [5.41, 5.74) is 3.24. The number of piperazine rings is 1. The van der Waals surface area contributed by atoms with Gasteiger partial charge < -0.3 is 29.3 Å². The van der Waals surface area contributed by atoms with Gasteiger partial charge in [-0.15, -0.1) is 0 Å². The van der Waals surface area contributed by atoms with Crippen molar-refractivity contribution in [2.45, 2.75) is 32.4 Å². The monoisotopic (exact) mass is 550 g/mol. The minimum atomic E-state index is -0.427. The maximum Gasteiger partial charge on any atom is 0.227 e. The zero-order valence-corrected chi connectivity index (χ0v) is 23.8.